The number of ether oxygens (including phenoxy) is 1. The van der Waals surface area contributed by atoms with Crippen LogP contribution in [0.5, 0.6) is 0 Å². The Morgan fingerprint density at radius 2 is 1.90 bits per heavy atom. The number of halogens is 2. The van der Waals surface area contributed by atoms with E-state index >= 15 is 0 Å². The normalized spacial score (nSPS) is 17.5. The maximum absolute atomic E-state index is 12.4. The number of benzene rings is 1. The molecule has 21 heavy (non-hydrogen) atoms. The predicted molar refractivity (Wildman–Crippen MR) is 85.0 cm³/mol. The van der Waals surface area contributed by atoms with Crippen molar-refractivity contribution in [2.45, 2.75) is 24.9 Å². The number of amides is 1. The molecule has 2 rings (SSSR count). The molecule has 0 bridgehead atoms. The maximum Gasteiger partial charge on any atom is 0.252 e. The number of rotatable bonds is 5. The van der Waals surface area contributed by atoms with Crippen molar-refractivity contribution in [1.82, 2.24) is 10.6 Å². The van der Waals surface area contributed by atoms with E-state index in [0.717, 1.165) is 18.7 Å². The molecule has 1 aliphatic heterocycles. The number of piperidine rings is 1. The third kappa shape index (κ3) is 4.33. The van der Waals surface area contributed by atoms with Gasteiger partial charge in [-0.15, -0.1) is 0 Å². The summed E-state index contributed by atoms with van der Waals surface area (Å²) in [7, 11) is 1.60. The van der Waals surface area contributed by atoms with Gasteiger partial charge in [0.05, 0.1) is 0 Å². The Labute approximate surface area is 135 Å². The number of hydrogen-bond acceptors (Lipinski definition) is 3. The van der Waals surface area contributed by atoms with Crippen molar-refractivity contribution >= 4 is 29.1 Å². The summed E-state index contributed by atoms with van der Waals surface area (Å²) in [6.07, 6.45) is 2.07. The number of nitrogens with one attached hydrogen (secondary N) is 2. The summed E-state index contributed by atoms with van der Waals surface area (Å²) in [5, 5.41) is 7.40. The van der Waals surface area contributed by atoms with Crippen molar-refractivity contribution in [1.29, 1.82) is 0 Å². The van der Waals surface area contributed by atoms with Gasteiger partial charge in [-0.2, -0.15) is 0 Å². The molecular weight excluding hydrogens is 311 g/mol. The first-order valence-electron chi connectivity index (χ1n) is 7.05. The van der Waals surface area contributed by atoms with E-state index in [9.17, 15) is 4.79 Å². The van der Waals surface area contributed by atoms with Gasteiger partial charge in [0.2, 0.25) is 0 Å². The zero-order valence-corrected chi connectivity index (χ0v) is 13.6. The van der Waals surface area contributed by atoms with Crippen LogP contribution in [0.2, 0.25) is 10.0 Å². The molecule has 1 aromatic rings. The lowest BCUT2D eigenvalue weighted by molar-refractivity contribution is -0.146. The first-order valence-corrected chi connectivity index (χ1v) is 7.80. The molecule has 1 heterocycles. The van der Waals surface area contributed by atoms with Gasteiger partial charge in [-0.3, -0.25) is 4.79 Å². The molecule has 2 N–H and O–H groups in total. The highest BCUT2D eigenvalue weighted by Crippen LogP contribution is 2.23. The molecule has 1 aromatic carbocycles. The average molecular weight is 331 g/mol. The standard InChI is InChI=1S/C15H20Cl2N2O2/c1-21-15(3-6-18-7-4-15)14(20)19-5-2-11-8-12(16)10-13(17)9-11/h8-10,18H,2-7H2,1H3,(H,19,20). The van der Waals surface area contributed by atoms with Gasteiger partial charge in [0, 0.05) is 23.7 Å². The fourth-order valence-corrected chi connectivity index (χ4v) is 3.16. The van der Waals surface area contributed by atoms with E-state index in [0.29, 0.717) is 35.9 Å². The summed E-state index contributed by atoms with van der Waals surface area (Å²) < 4.78 is 5.49. The lowest BCUT2D eigenvalue weighted by atomic mass is 9.91. The van der Waals surface area contributed by atoms with E-state index < -0.39 is 5.60 Å². The minimum Gasteiger partial charge on any atom is -0.368 e. The first kappa shape index (κ1) is 16.6. The second-order valence-corrected chi connectivity index (χ2v) is 6.10. The summed E-state index contributed by atoms with van der Waals surface area (Å²) in [4.78, 5) is 12.4. The highest BCUT2D eigenvalue weighted by atomic mass is 35.5. The maximum atomic E-state index is 12.4. The number of carbonyl (C=O) groups excluding carboxylic acids is 1. The molecule has 0 atom stereocenters. The minimum atomic E-state index is -0.697. The molecule has 1 aliphatic rings. The molecule has 0 saturated carbocycles. The summed E-state index contributed by atoms with van der Waals surface area (Å²) >= 11 is 11.9. The van der Waals surface area contributed by atoms with Crippen molar-refractivity contribution in [3.63, 3.8) is 0 Å². The Balaban J connectivity index is 1.88. The Morgan fingerprint density at radius 3 is 2.48 bits per heavy atom. The van der Waals surface area contributed by atoms with Gasteiger partial charge in [-0.25, -0.2) is 0 Å². The van der Waals surface area contributed by atoms with Crippen LogP contribution in [-0.4, -0.2) is 38.3 Å². The number of methoxy groups -OCH3 is 1. The molecule has 0 aromatic heterocycles. The SMILES string of the molecule is COC1(C(=O)NCCc2cc(Cl)cc(Cl)c2)CCNCC1. The Morgan fingerprint density at radius 1 is 1.29 bits per heavy atom. The molecule has 0 unspecified atom stereocenters. The van der Waals surface area contributed by atoms with Gasteiger partial charge in [-0.1, -0.05) is 23.2 Å². The van der Waals surface area contributed by atoms with Gasteiger partial charge >= 0.3 is 0 Å². The van der Waals surface area contributed by atoms with Crippen LogP contribution in [0.15, 0.2) is 18.2 Å². The Hall–Kier alpha value is -0.810. The smallest absolute Gasteiger partial charge is 0.252 e. The zero-order chi connectivity index (χ0) is 15.3. The number of carbonyl (C=O) groups is 1. The first-order chi connectivity index (χ1) is 10.1. The van der Waals surface area contributed by atoms with E-state index in [1.54, 1.807) is 13.2 Å². The van der Waals surface area contributed by atoms with E-state index in [2.05, 4.69) is 10.6 Å². The lowest BCUT2D eigenvalue weighted by Gasteiger charge is -2.34. The highest BCUT2D eigenvalue weighted by Gasteiger charge is 2.39. The van der Waals surface area contributed by atoms with Crippen molar-refractivity contribution in [3.8, 4) is 0 Å². The van der Waals surface area contributed by atoms with Crippen LogP contribution in [0.3, 0.4) is 0 Å². The van der Waals surface area contributed by atoms with Crippen LogP contribution in [0.25, 0.3) is 0 Å². The van der Waals surface area contributed by atoms with Crippen LogP contribution in [-0.2, 0) is 16.0 Å². The molecule has 0 radical (unpaired) electrons. The summed E-state index contributed by atoms with van der Waals surface area (Å²) in [6.45, 7) is 2.13. The van der Waals surface area contributed by atoms with Crippen molar-refractivity contribution in [3.05, 3.63) is 33.8 Å². The fraction of sp³-hybridized carbons (Fsp3) is 0.533. The number of hydrogen-bond donors (Lipinski definition) is 2. The van der Waals surface area contributed by atoms with Crippen LogP contribution < -0.4 is 10.6 Å². The van der Waals surface area contributed by atoms with E-state index in [1.807, 2.05) is 12.1 Å². The van der Waals surface area contributed by atoms with Gasteiger partial charge < -0.3 is 15.4 Å². The van der Waals surface area contributed by atoms with Gasteiger partial charge in [0.15, 0.2) is 0 Å². The summed E-state index contributed by atoms with van der Waals surface area (Å²) in [6, 6.07) is 5.41. The zero-order valence-electron chi connectivity index (χ0n) is 12.0. The van der Waals surface area contributed by atoms with Gasteiger partial charge in [0.25, 0.3) is 5.91 Å². The lowest BCUT2D eigenvalue weighted by Crippen LogP contribution is -2.54. The van der Waals surface area contributed by atoms with E-state index in [4.69, 9.17) is 27.9 Å². The minimum absolute atomic E-state index is 0.0420. The Kier molecular flexibility index (Phi) is 5.88. The fourth-order valence-electron chi connectivity index (χ4n) is 2.59. The van der Waals surface area contributed by atoms with Gasteiger partial charge in [0.1, 0.15) is 5.60 Å². The predicted octanol–water partition coefficient (Wildman–Crippen LogP) is 2.42. The molecule has 4 nitrogen and oxygen atoms in total. The Bertz CT molecular complexity index is 482. The van der Waals surface area contributed by atoms with Gasteiger partial charge in [-0.05, 0) is 56.1 Å². The third-order valence-electron chi connectivity index (χ3n) is 3.84. The van der Waals surface area contributed by atoms with Crippen LogP contribution in [0.4, 0.5) is 0 Å². The third-order valence-corrected chi connectivity index (χ3v) is 4.27. The molecule has 1 fully saturated rings. The molecule has 0 spiro atoms. The second kappa shape index (κ2) is 7.45. The van der Waals surface area contributed by atoms with Crippen LogP contribution in [0, 0.1) is 0 Å². The van der Waals surface area contributed by atoms with Crippen molar-refractivity contribution in [2.24, 2.45) is 0 Å². The molecule has 116 valence electrons. The molecule has 1 saturated heterocycles. The van der Waals surface area contributed by atoms with Crippen LogP contribution >= 0.6 is 23.2 Å². The monoisotopic (exact) mass is 330 g/mol. The molecular formula is C15H20Cl2N2O2. The molecule has 0 aliphatic carbocycles. The largest absolute Gasteiger partial charge is 0.368 e. The quantitative estimate of drug-likeness (QED) is 0.871. The summed E-state index contributed by atoms with van der Waals surface area (Å²) in [5.41, 5.74) is 0.307. The van der Waals surface area contributed by atoms with Crippen molar-refractivity contribution in [2.75, 3.05) is 26.7 Å². The van der Waals surface area contributed by atoms with E-state index in [1.165, 1.54) is 0 Å². The van der Waals surface area contributed by atoms with Crippen molar-refractivity contribution < 1.29 is 9.53 Å². The molecule has 1 amide bonds. The highest BCUT2D eigenvalue weighted by molar-refractivity contribution is 6.34. The summed E-state index contributed by atoms with van der Waals surface area (Å²) in [5.74, 6) is -0.0420. The average Bonchev–Trinajstić information content (AvgIpc) is 2.47. The second-order valence-electron chi connectivity index (χ2n) is 5.23. The molecule has 6 heteroatoms. The van der Waals surface area contributed by atoms with Crippen LogP contribution in [0.1, 0.15) is 18.4 Å². The topological polar surface area (TPSA) is 50.4 Å². The van der Waals surface area contributed by atoms with E-state index in [-0.39, 0.29) is 5.91 Å².